The molecule has 0 aliphatic heterocycles. The molecule has 0 spiro atoms. The van der Waals surface area contributed by atoms with E-state index in [9.17, 15) is 0 Å². The number of methoxy groups -OCH3 is 1. The smallest absolute Gasteiger partial charge is 0.316 e. The quantitative estimate of drug-likeness (QED) is 0.690. The lowest BCUT2D eigenvalue weighted by Gasteiger charge is -2.03. The SMILES string of the molecule is COc1nc(C)cc(-c2coc3ccccc23)n1. The summed E-state index contributed by atoms with van der Waals surface area (Å²) in [6.45, 7) is 1.91. The van der Waals surface area contributed by atoms with Crippen molar-refractivity contribution in [1.82, 2.24) is 9.97 Å². The van der Waals surface area contributed by atoms with Crippen LogP contribution in [0.15, 0.2) is 41.0 Å². The average Bonchev–Trinajstić information content (AvgIpc) is 2.81. The minimum Gasteiger partial charge on any atom is -0.467 e. The minimum atomic E-state index is 0.371. The molecule has 0 N–H and O–H groups in total. The van der Waals surface area contributed by atoms with Crippen LogP contribution in [0.1, 0.15) is 5.69 Å². The summed E-state index contributed by atoms with van der Waals surface area (Å²) < 4.78 is 10.6. The maximum Gasteiger partial charge on any atom is 0.316 e. The van der Waals surface area contributed by atoms with Crippen LogP contribution in [-0.4, -0.2) is 17.1 Å². The zero-order valence-electron chi connectivity index (χ0n) is 10.2. The molecule has 0 saturated heterocycles. The Kier molecular flexibility index (Phi) is 2.48. The minimum absolute atomic E-state index is 0.371. The van der Waals surface area contributed by atoms with Gasteiger partial charge in [-0.05, 0) is 19.1 Å². The summed E-state index contributed by atoms with van der Waals surface area (Å²) in [6, 6.07) is 10.2. The second-order valence-corrected chi connectivity index (χ2v) is 4.03. The fourth-order valence-corrected chi connectivity index (χ4v) is 1.95. The topological polar surface area (TPSA) is 48.2 Å². The van der Waals surface area contributed by atoms with Gasteiger partial charge in [0.1, 0.15) is 11.8 Å². The standard InChI is InChI=1S/C14H12N2O2/c1-9-7-12(16-14(15-9)17-2)11-8-18-13-6-4-3-5-10(11)13/h3-8H,1-2H3. The maximum absolute atomic E-state index is 5.52. The van der Waals surface area contributed by atoms with Crippen LogP contribution in [0, 0.1) is 6.92 Å². The zero-order valence-corrected chi connectivity index (χ0v) is 10.2. The molecule has 3 aromatic rings. The number of rotatable bonds is 2. The van der Waals surface area contributed by atoms with Crippen molar-refractivity contribution in [1.29, 1.82) is 0 Å². The van der Waals surface area contributed by atoms with Crippen molar-refractivity contribution in [3.63, 3.8) is 0 Å². The Morgan fingerprint density at radius 2 is 2.00 bits per heavy atom. The summed E-state index contributed by atoms with van der Waals surface area (Å²) in [5.41, 5.74) is 3.48. The molecule has 0 aliphatic rings. The third-order valence-corrected chi connectivity index (χ3v) is 2.77. The third-order valence-electron chi connectivity index (χ3n) is 2.77. The van der Waals surface area contributed by atoms with Gasteiger partial charge in [0.25, 0.3) is 0 Å². The van der Waals surface area contributed by atoms with Gasteiger partial charge in [-0.25, -0.2) is 4.98 Å². The summed E-state index contributed by atoms with van der Waals surface area (Å²) >= 11 is 0. The van der Waals surface area contributed by atoms with E-state index in [0.717, 1.165) is 27.9 Å². The number of aromatic nitrogens is 2. The first kappa shape index (κ1) is 10.8. The summed E-state index contributed by atoms with van der Waals surface area (Å²) in [5.74, 6) is 0. The van der Waals surface area contributed by atoms with Gasteiger partial charge in [-0.3, -0.25) is 0 Å². The van der Waals surface area contributed by atoms with Crippen molar-refractivity contribution in [2.24, 2.45) is 0 Å². The van der Waals surface area contributed by atoms with Crippen molar-refractivity contribution < 1.29 is 9.15 Å². The first-order chi connectivity index (χ1) is 8.78. The predicted octanol–water partition coefficient (Wildman–Crippen LogP) is 3.21. The molecule has 0 amide bonds. The van der Waals surface area contributed by atoms with Gasteiger partial charge in [0.05, 0.1) is 12.8 Å². The van der Waals surface area contributed by atoms with Crippen LogP contribution in [0.5, 0.6) is 6.01 Å². The highest BCUT2D eigenvalue weighted by molar-refractivity contribution is 5.92. The van der Waals surface area contributed by atoms with E-state index in [1.165, 1.54) is 0 Å². The highest BCUT2D eigenvalue weighted by Crippen LogP contribution is 2.30. The normalized spacial score (nSPS) is 10.8. The molecule has 0 aliphatic carbocycles. The molecule has 3 rings (SSSR count). The molecule has 1 aromatic carbocycles. The van der Waals surface area contributed by atoms with Gasteiger partial charge in [-0.1, -0.05) is 18.2 Å². The van der Waals surface area contributed by atoms with E-state index in [-0.39, 0.29) is 0 Å². The fourth-order valence-electron chi connectivity index (χ4n) is 1.95. The van der Waals surface area contributed by atoms with E-state index in [4.69, 9.17) is 9.15 Å². The van der Waals surface area contributed by atoms with Crippen LogP contribution in [0.2, 0.25) is 0 Å². The largest absolute Gasteiger partial charge is 0.467 e. The van der Waals surface area contributed by atoms with Crippen LogP contribution in [0.3, 0.4) is 0 Å². The lowest BCUT2D eigenvalue weighted by Crippen LogP contribution is -1.95. The predicted molar refractivity (Wildman–Crippen MR) is 68.5 cm³/mol. The number of fused-ring (bicyclic) bond motifs is 1. The number of ether oxygens (including phenoxy) is 1. The number of aryl methyl sites for hydroxylation is 1. The number of benzene rings is 1. The first-order valence-corrected chi connectivity index (χ1v) is 5.64. The van der Waals surface area contributed by atoms with Gasteiger partial charge in [0.2, 0.25) is 0 Å². The molecule has 90 valence electrons. The van der Waals surface area contributed by atoms with Gasteiger partial charge in [0.15, 0.2) is 0 Å². The van der Waals surface area contributed by atoms with Crippen LogP contribution < -0.4 is 4.74 Å². The summed E-state index contributed by atoms with van der Waals surface area (Å²) in [5, 5.41) is 1.04. The van der Waals surface area contributed by atoms with Crippen LogP contribution in [0.4, 0.5) is 0 Å². The number of hydrogen-bond donors (Lipinski definition) is 0. The zero-order chi connectivity index (χ0) is 12.5. The number of furan rings is 1. The van der Waals surface area contributed by atoms with Crippen molar-refractivity contribution >= 4 is 11.0 Å². The molecule has 0 radical (unpaired) electrons. The highest BCUT2D eigenvalue weighted by Gasteiger charge is 2.11. The lowest BCUT2D eigenvalue weighted by molar-refractivity contribution is 0.379. The van der Waals surface area contributed by atoms with E-state index < -0.39 is 0 Å². The van der Waals surface area contributed by atoms with Gasteiger partial charge in [-0.15, -0.1) is 0 Å². The molecule has 0 atom stereocenters. The van der Waals surface area contributed by atoms with Gasteiger partial charge in [-0.2, -0.15) is 4.98 Å². The van der Waals surface area contributed by atoms with Crippen molar-refractivity contribution in [2.75, 3.05) is 7.11 Å². The molecule has 2 heterocycles. The monoisotopic (exact) mass is 240 g/mol. The Morgan fingerprint density at radius 3 is 2.83 bits per heavy atom. The molecule has 4 nitrogen and oxygen atoms in total. The molecule has 4 heteroatoms. The molecular formula is C14H12N2O2. The van der Waals surface area contributed by atoms with Gasteiger partial charge < -0.3 is 9.15 Å². The van der Waals surface area contributed by atoms with Gasteiger partial charge >= 0.3 is 6.01 Å². The molecule has 0 fully saturated rings. The van der Waals surface area contributed by atoms with Crippen molar-refractivity contribution in [3.8, 4) is 17.3 Å². The Bertz CT molecular complexity index is 704. The van der Waals surface area contributed by atoms with E-state index in [0.29, 0.717) is 6.01 Å². The van der Waals surface area contributed by atoms with Gasteiger partial charge in [0, 0.05) is 16.6 Å². The molecule has 0 saturated carbocycles. The summed E-state index contributed by atoms with van der Waals surface area (Å²) in [6.07, 6.45) is 1.71. The van der Waals surface area contributed by atoms with E-state index in [1.54, 1.807) is 13.4 Å². The number of nitrogens with zero attached hydrogens (tertiary/aromatic N) is 2. The fraction of sp³-hybridized carbons (Fsp3) is 0.143. The Balaban J connectivity index is 2.22. The third kappa shape index (κ3) is 1.72. The Labute approximate surface area is 104 Å². The van der Waals surface area contributed by atoms with E-state index in [2.05, 4.69) is 9.97 Å². The molecule has 2 aromatic heterocycles. The Morgan fingerprint density at radius 1 is 1.17 bits per heavy atom. The molecule has 0 unspecified atom stereocenters. The van der Waals surface area contributed by atoms with Crippen molar-refractivity contribution in [2.45, 2.75) is 6.92 Å². The first-order valence-electron chi connectivity index (χ1n) is 5.64. The lowest BCUT2D eigenvalue weighted by atomic mass is 10.1. The summed E-state index contributed by atoms with van der Waals surface area (Å²) in [7, 11) is 1.56. The second kappa shape index (κ2) is 4.14. The summed E-state index contributed by atoms with van der Waals surface area (Å²) in [4.78, 5) is 8.53. The van der Waals surface area contributed by atoms with Crippen LogP contribution in [-0.2, 0) is 0 Å². The van der Waals surface area contributed by atoms with E-state index >= 15 is 0 Å². The second-order valence-electron chi connectivity index (χ2n) is 4.03. The van der Waals surface area contributed by atoms with E-state index in [1.807, 2.05) is 37.3 Å². The van der Waals surface area contributed by atoms with Crippen molar-refractivity contribution in [3.05, 3.63) is 42.3 Å². The maximum atomic E-state index is 5.52. The highest BCUT2D eigenvalue weighted by atomic mass is 16.5. The Hall–Kier alpha value is -2.36. The number of para-hydroxylation sites is 1. The van der Waals surface area contributed by atoms with Crippen LogP contribution >= 0.6 is 0 Å². The number of hydrogen-bond acceptors (Lipinski definition) is 4. The molecular weight excluding hydrogens is 228 g/mol. The molecule has 18 heavy (non-hydrogen) atoms. The van der Waals surface area contributed by atoms with Crippen LogP contribution in [0.25, 0.3) is 22.2 Å². The average molecular weight is 240 g/mol. The molecule has 0 bridgehead atoms.